The van der Waals surface area contributed by atoms with Gasteiger partial charge in [-0.2, -0.15) is 0 Å². The molecule has 68 valence electrons. The Kier molecular flexibility index (Phi) is 0.530. The van der Waals surface area contributed by atoms with Crippen molar-refractivity contribution in [1.29, 1.82) is 0 Å². The quantitative estimate of drug-likeness (QED) is 0.651. The Labute approximate surface area is 87.7 Å². The minimum Gasteiger partial charge on any atom is -0.454 e. The summed E-state index contributed by atoms with van der Waals surface area (Å²) in [5.74, 6) is -0.591. The van der Waals surface area contributed by atoms with Crippen molar-refractivity contribution in [2.24, 2.45) is 5.73 Å². The lowest BCUT2D eigenvalue weighted by Gasteiger charge is -2.00. The van der Waals surface area contributed by atoms with Crippen LogP contribution in [0.1, 0.15) is 22.1 Å². The van der Waals surface area contributed by atoms with Crippen molar-refractivity contribution in [3.8, 4) is 11.5 Å². The summed E-state index contributed by atoms with van der Waals surface area (Å²) in [6.45, 7) is -1.49. The third kappa shape index (κ3) is 1.00. The van der Waals surface area contributed by atoms with Crippen molar-refractivity contribution in [3.05, 3.63) is 23.2 Å². The van der Waals surface area contributed by atoms with Gasteiger partial charge in [-0.3, -0.25) is 0 Å². The summed E-state index contributed by atoms with van der Waals surface area (Å²) in [7, 11) is 0. The highest BCUT2D eigenvalue weighted by molar-refractivity contribution is 5.50. The van der Waals surface area contributed by atoms with Crippen LogP contribution < -0.4 is 15.2 Å². The summed E-state index contributed by atoms with van der Waals surface area (Å²) >= 11 is 0. The van der Waals surface area contributed by atoms with Gasteiger partial charge in [0.05, 0.1) is 2.74 Å². The molecule has 0 aromatic heterocycles. The first-order chi connectivity index (χ1) is 9.44. The van der Waals surface area contributed by atoms with E-state index in [0.717, 1.165) is 0 Å². The van der Waals surface area contributed by atoms with Gasteiger partial charge in [-0.25, -0.2) is 0 Å². The number of hydrogen-bond acceptors (Lipinski definition) is 3. The molecule has 3 heteroatoms. The molecule has 3 nitrogen and oxygen atoms in total. The average Bonchev–Trinajstić information content (AvgIpc) is 2.78. The van der Waals surface area contributed by atoms with Crippen LogP contribution in [0.2, 0.25) is 0 Å². The van der Waals surface area contributed by atoms with E-state index in [1.807, 2.05) is 0 Å². The Morgan fingerprint density at radius 3 is 2.46 bits per heavy atom. The van der Waals surface area contributed by atoms with Crippen molar-refractivity contribution in [3.63, 3.8) is 0 Å². The van der Waals surface area contributed by atoms with Gasteiger partial charge in [0.2, 0.25) is 6.77 Å². The van der Waals surface area contributed by atoms with E-state index in [1.54, 1.807) is 0 Å². The lowest BCUT2D eigenvalue weighted by molar-refractivity contribution is 0.174. The van der Waals surface area contributed by atoms with Gasteiger partial charge in [-0.15, -0.1) is 0 Å². The molecule has 0 fully saturated rings. The van der Waals surface area contributed by atoms with Crippen LogP contribution in [-0.4, -0.2) is 12.8 Å². The first kappa shape index (κ1) is 2.89. The van der Waals surface area contributed by atoms with Crippen molar-refractivity contribution < 1.29 is 20.4 Å². The van der Waals surface area contributed by atoms with E-state index in [0.29, 0.717) is 0 Å². The monoisotopic (exact) mass is 185 g/mol. The van der Waals surface area contributed by atoms with E-state index in [9.17, 15) is 0 Å². The van der Waals surface area contributed by atoms with E-state index in [-0.39, 0.29) is 11.5 Å². The van der Waals surface area contributed by atoms with Crippen molar-refractivity contribution in [2.45, 2.75) is 18.8 Å². The van der Waals surface area contributed by atoms with Gasteiger partial charge in [0.25, 0.3) is 0 Å². The number of fused-ring (bicyclic) bond motifs is 2. The highest BCUT2D eigenvalue weighted by Crippen LogP contribution is 2.37. The Morgan fingerprint density at radius 1 is 1.38 bits per heavy atom. The molecule has 1 aliphatic heterocycles. The molecule has 0 atom stereocenters. The Hall–Kier alpha value is -1.22. The van der Waals surface area contributed by atoms with Gasteiger partial charge in [0, 0.05) is 12.9 Å². The lowest BCUT2D eigenvalue weighted by atomic mass is 10.1. The molecule has 0 saturated heterocycles. The number of rotatable bonds is 0. The predicted octanol–water partition coefficient (Wildman–Crippen LogP) is 0.841. The molecule has 0 spiro atoms. The minimum atomic E-state index is -2.70. The first-order valence-electron chi connectivity index (χ1n) is 7.75. The summed E-state index contributed by atoms with van der Waals surface area (Å²) < 4.78 is 72.8. The maximum absolute atomic E-state index is 7.99. The fourth-order valence-electron chi connectivity index (χ4n) is 1.24. The van der Waals surface area contributed by atoms with Crippen molar-refractivity contribution >= 4 is 0 Å². The number of nitrogens with two attached hydrogens (primary N) is 1. The van der Waals surface area contributed by atoms with Crippen LogP contribution in [0.15, 0.2) is 12.1 Å². The molecule has 3 rings (SSSR count). The Morgan fingerprint density at radius 2 is 1.92 bits per heavy atom. The molecule has 1 aromatic rings. The smallest absolute Gasteiger partial charge is 0.231 e. The summed E-state index contributed by atoms with van der Waals surface area (Å²) in [4.78, 5) is 0. The van der Waals surface area contributed by atoms with E-state index >= 15 is 0 Å². The van der Waals surface area contributed by atoms with Gasteiger partial charge in [-0.05, 0) is 36.0 Å². The van der Waals surface area contributed by atoms with Crippen LogP contribution in [0.4, 0.5) is 0 Å². The van der Waals surface area contributed by atoms with Crippen LogP contribution in [0.5, 0.6) is 11.5 Å². The highest BCUT2D eigenvalue weighted by atomic mass is 16.7. The fourth-order valence-corrected chi connectivity index (χ4v) is 1.24. The molecule has 0 bridgehead atoms. The molecule has 2 aliphatic rings. The molecular weight excluding hydrogens is 166 g/mol. The SMILES string of the molecule is [2H]c1c2c(c([2H])c3c1C([2H])([2H])C([2H])(N)C3([2H])[2H])OC([2H])O2. The maximum Gasteiger partial charge on any atom is 0.231 e. The zero-order valence-corrected chi connectivity index (χ0v) is 6.47. The Balaban J connectivity index is 2.43. The molecule has 0 unspecified atom stereocenters. The van der Waals surface area contributed by atoms with Gasteiger partial charge in [-0.1, -0.05) is 0 Å². The molecule has 2 N–H and O–H groups in total. The second-order valence-corrected chi connectivity index (χ2v) is 2.65. The van der Waals surface area contributed by atoms with Gasteiger partial charge < -0.3 is 15.2 Å². The van der Waals surface area contributed by atoms with Crippen LogP contribution in [0.3, 0.4) is 0 Å². The van der Waals surface area contributed by atoms with E-state index < -0.39 is 48.7 Å². The molecule has 0 amide bonds. The summed E-state index contributed by atoms with van der Waals surface area (Å²) in [5, 5.41) is 0. The Bertz CT molecular complexity index is 606. The van der Waals surface area contributed by atoms with Crippen LogP contribution in [0, 0.1) is 0 Å². The van der Waals surface area contributed by atoms with Crippen molar-refractivity contribution in [1.82, 2.24) is 0 Å². The van der Waals surface area contributed by atoms with E-state index in [2.05, 4.69) is 0 Å². The largest absolute Gasteiger partial charge is 0.454 e. The summed E-state index contributed by atoms with van der Waals surface area (Å²) in [6, 6.07) is -3.79. The average molecular weight is 185 g/mol. The van der Waals surface area contributed by atoms with Gasteiger partial charge in [0.1, 0.15) is 1.37 Å². The normalized spacial score (nSPS) is 39.8. The van der Waals surface area contributed by atoms with Crippen molar-refractivity contribution in [2.75, 3.05) is 6.77 Å². The third-order valence-corrected chi connectivity index (χ3v) is 1.78. The van der Waals surface area contributed by atoms with E-state index in [1.165, 1.54) is 0 Å². The molecule has 0 radical (unpaired) electrons. The molecular formula is C10H11NO2. The van der Waals surface area contributed by atoms with Crippen LogP contribution in [-0.2, 0) is 12.7 Å². The second kappa shape index (κ2) is 2.39. The number of hydrogen-bond donors (Lipinski definition) is 1. The second-order valence-electron chi connectivity index (χ2n) is 2.65. The fraction of sp³-hybridized carbons (Fsp3) is 0.400. The van der Waals surface area contributed by atoms with Gasteiger partial charge >= 0.3 is 0 Å². The molecule has 1 aromatic carbocycles. The molecule has 1 heterocycles. The summed E-state index contributed by atoms with van der Waals surface area (Å²) in [6.07, 6.45) is -5.39. The first-order valence-corrected chi connectivity index (χ1v) is 3.67. The predicted molar refractivity (Wildman–Crippen MR) is 47.9 cm³/mol. The molecule has 13 heavy (non-hydrogen) atoms. The minimum absolute atomic E-state index is 0.295. The third-order valence-electron chi connectivity index (χ3n) is 1.78. The van der Waals surface area contributed by atoms with Gasteiger partial charge in [0.15, 0.2) is 11.5 Å². The molecule has 0 saturated carbocycles. The standard InChI is InChI=1S/C10H11NO2/c11-8-1-6-3-9-10(13-5-12-9)4-7(6)2-8/h3-4,8H,1-2,5,11H2/i1D2,2D2,3D,4D,5D,8D. The van der Waals surface area contributed by atoms with Crippen LogP contribution in [0.25, 0.3) is 0 Å². The zero-order valence-electron chi connectivity index (χ0n) is 14.5. The zero-order chi connectivity index (χ0) is 16.0. The molecule has 1 aliphatic carbocycles. The number of benzene rings is 1. The topological polar surface area (TPSA) is 44.5 Å². The maximum atomic E-state index is 7.99. The highest BCUT2D eigenvalue weighted by Gasteiger charge is 2.23. The van der Waals surface area contributed by atoms with Crippen LogP contribution >= 0.6 is 0 Å². The summed E-state index contributed by atoms with van der Waals surface area (Å²) in [5.41, 5.74) is 4.55. The number of ether oxygens (including phenoxy) is 2. The van der Waals surface area contributed by atoms with E-state index in [4.69, 9.17) is 26.2 Å². The lowest BCUT2D eigenvalue weighted by Crippen LogP contribution is -2.19.